The van der Waals surface area contributed by atoms with Crippen LogP contribution in [0.3, 0.4) is 0 Å². The second-order valence-corrected chi connectivity index (χ2v) is 14.6. The largest absolute Gasteiger partial charge is 0.423 e. The van der Waals surface area contributed by atoms with Gasteiger partial charge < -0.3 is 4.43 Å². The molecule has 0 aromatic carbocycles. The average molecular weight is 275 g/mol. The molecule has 5 heteroatoms. The maximum Gasteiger partial charge on any atom is 0.250 e. The van der Waals surface area contributed by atoms with Crippen molar-refractivity contribution in [2.75, 3.05) is 7.11 Å². The van der Waals surface area contributed by atoms with E-state index in [1.54, 1.807) is 0 Å². The van der Waals surface area contributed by atoms with Crippen molar-refractivity contribution in [2.24, 2.45) is 0 Å². The summed E-state index contributed by atoms with van der Waals surface area (Å²) in [6.07, 6.45) is 0. The molecule has 0 unspecified atom stereocenters. The van der Waals surface area contributed by atoms with Gasteiger partial charge in [-0.3, -0.25) is 0 Å². The fourth-order valence-corrected chi connectivity index (χ4v) is 2.62. The molecule has 0 spiro atoms. The van der Waals surface area contributed by atoms with Gasteiger partial charge in [-0.15, -0.1) is 22.2 Å². The first kappa shape index (κ1) is 17.4. The molecule has 0 aliphatic rings. The highest BCUT2D eigenvalue weighted by atomic mass is 35.7. The highest BCUT2D eigenvalue weighted by Crippen LogP contribution is 2.23. The Labute approximate surface area is 101 Å². The summed E-state index contributed by atoms with van der Waals surface area (Å²) in [4.78, 5) is 0. The van der Waals surface area contributed by atoms with Crippen LogP contribution in [0.15, 0.2) is 0 Å². The first-order chi connectivity index (χ1) is 6.47. The molecule has 14 heavy (non-hydrogen) atoms. The third kappa shape index (κ3) is 11.1. The van der Waals surface area contributed by atoms with Crippen molar-refractivity contribution in [3.63, 3.8) is 0 Å². The molecule has 0 atom stereocenters. The average Bonchev–Trinajstić information content (AvgIpc) is 2.21. The number of hydrogen-bond donors (Lipinski definition) is 0. The Morgan fingerprint density at radius 1 is 1.00 bits per heavy atom. The summed E-state index contributed by atoms with van der Waals surface area (Å²) < 4.78 is 5.19. The van der Waals surface area contributed by atoms with Gasteiger partial charge in [-0.2, -0.15) is 0 Å². The van der Waals surface area contributed by atoms with E-state index in [1.165, 1.54) is 12.1 Å². The molecule has 0 aromatic rings. The van der Waals surface area contributed by atoms with Crippen LogP contribution in [0.4, 0.5) is 0 Å². The molecular weight excluding hydrogens is 251 g/mol. The molecule has 88 valence electrons. The molecule has 0 saturated carbocycles. The molecule has 0 fully saturated rings. The Balaban J connectivity index is 0. The molecule has 0 saturated heterocycles. The summed E-state index contributed by atoms with van der Waals surface area (Å²) in [5.41, 5.74) is 0. The highest BCUT2D eigenvalue weighted by Gasteiger charge is 2.21. The van der Waals surface area contributed by atoms with E-state index >= 15 is 0 Å². The van der Waals surface area contributed by atoms with E-state index in [1.807, 2.05) is 21.0 Å². The van der Waals surface area contributed by atoms with Crippen LogP contribution >= 0.6 is 22.2 Å². The summed E-state index contributed by atoms with van der Waals surface area (Å²) in [7, 11) is 1.15. The zero-order valence-electron chi connectivity index (χ0n) is 10.1. The zero-order valence-corrected chi connectivity index (χ0v) is 13.7. The molecule has 0 radical (unpaired) electrons. The second kappa shape index (κ2) is 10.5. The molecule has 0 rings (SSSR count). The highest BCUT2D eigenvalue weighted by molar-refractivity contribution is 7.45. The molecular formula is C9H24Cl2OSi2. The Hall–Kier alpha value is 0.974. The second-order valence-electron chi connectivity index (χ2n) is 3.24. The predicted octanol–water partition coefficient (Wildman–Crippen LogP) is 4.34. The summed E-state index contributed by atoms with van der Waals surface area (Å²) in [5.74, 6) is 0. The molecule has 0 aliphatic heterocycles. The van der Waals surface area contributed by atoms with Crippen molar-refractivity contribution in [1.82, 2.24) is 0 Å². The van der Waals surface area contributed by atoms with Gasteiger partial charge in [-0.1, -0.05) is 27.7 Å². The fourth-order valence-electron chi connectivity index (χ4n) is 0.872. The minimum Gasteiger partial charge on any atom is -0.423 e. The lowest BCUT2D eigenvalue weighted by molar-refractivity contribution is 0.420. The number of halogens is 2. The maximum atomic E-state index is 5.81. The minimum atomic E-state index is -1.71. The van der Waals surface area contributed by atoms with Crippen molar-refractivity contribution in [3.05, 3.63) is 0 Å². The van der Waals surface area contributed by atoms with Crippen molar-refractivity contribution < 1.29 is 4.43 Å². The van der Waals surface area contributed by atoms with Crippen LogP contribution in [-0.2, 0) is 4.43 Å². The molecule has 0 aromatic heterocycles. The van der Waals surface area contributed by atoms with Crippen LogP contribution < -0.4 is 0 Å². The standard InChI is InChI=1S/C5H14OSi.C4H10Cl2Si/c1-4-7(5-2)6-3;1-3-7(5,6)4-2/h7H,4-5H2,1-3H3;3-4H2,1-2H3. The SMILES string of the molecule is CC[SiH](CC)OC.CC[Si](Cl)(Cl)CC. The van der Waals surface area contributed by atoms with E-state index in [4.69, 9.17) is 26.6 Å². The monoisotopic (exact) mass is 274 g/mol. The topological polar surface area (TPSA) is 9.23 Å². The van der Waals surface area contributed by atoms with E-state index in [2.05, 4.69) is 13.8 Å². The van der Waals surface area contributed by atoms with Crippen LogP contribution in [0.25, 0.3) is 0 Å². The van der Waals surface area contributed by atoms with Gasteiger partial charge in [-0.05, 0) is 24.2 Å². The molecule has 0 N–H and O–H groups in total. The lowest BCUT2D eigenvalue weighted by Crippen LogP contribution is -2.13. The van der Waals surface area contributed by atoms with Gasteiger partial charge >= 0.3 is 0 Å². The Bertz CT molecular complexity index is 108. The van der Waals surface area contributed by atoms with Gasteiger partial charge in [0.1, 0.15) is 0 Å². The normalized spacial score (nSPS) is 11.1. The molecule has 0 bridgehead atoms. The van der Waals surface area contributed by atoms with E-state index in [9.17, 15) is 0 Å². The quantitative estimate of drug-likeness (QED) is 0.535. The van der Waals surface area contributed by atoms with Crippen molar-refractivity contribution in [1.29, 1.82) is 0 Å². The van der Waals surface area contributed by atoms with E-state index in [0.29, 0.717) is 0 Å². The van der Waals surface area contributed by atoms with Crippen LogP contribution in [0.1, 0.15) is 27.7 Å². The van der Waals surface area contributed by atoms with Gasteiger partial charge in [0.05, 0.1) is 0 Å². The first-order valence-electron chi connectivity index (χ1n) is 5.37. The van der Waals surface area contributed by atoms with Gasteiger partial charge in [0.25, 0.3) is 6.69 Å². The zero-order chi connectivity index (χ0) is 11.6. The van der Waals surface area contributed by atoms with Crippen LogP contribution in [0, 0.1) is 0 Å². The van der Waals surface area contributed by atoms with Crippen molar-refractivity contribution in [3.8, 4) is 0 Å². The molecule has 0 aliphatic carbocycles. The number of rotatable bonds is 5. The van der Waals surface area contributed by atoms with Crippen molar-refractivity contribution >= 4 is 37.9 Å². The van der Waals surface area contributed by atoms with E-state index in [0.717, 1.165) is 12.1 Å². The summed E-state index contributed by atoms with van der Waals surface area (Å²) in [6.45, 7) is 6.76. The lowest BCUT2D eigenvalue weighted by Gasteiger charge is -2.08. The summed E-state index contributed by atoms with van der Waals surface area (Å²) in [6, 6.07) is 4.47. The fraction of sp³-hybridized carbons (Fsp3) is 1.00. The Morgan fingerprint density at radius 3 is 1.36 bits per heavy atom. The van der Waals surface area contributed by atoms with Gasteiger partial charge in [-0.25, -0.2) is 0 Å². The van der Waals surface area contributed by atoms with Crippen LogP contribution in [-0.4, -0.2) is 22.8 Å². The van der Waals surface area contributed by atoms with Gasteiger partial charge in [0.2, 0.25) is 0 Å². The molecule has 0 heterocycles. The van der Waals surface area contributed by atoms with Crippen LogP contribution in [0.2, 0.25) is 24.2 Å². The summed E-state index contributed by atoms with van der Waals surface area (Å²) in [5, 5.41) is 0. The minimum absolute atomic E-state index is 0.671. The third-order valence-electron chi connectivity index (χ3n) is 2.28. The van der Waals surface area contributed by atoms with Crippen LogP contribution in [0.5, 0.6) is 0 Å². The Morgan fingerprint density at radius 2 is 1.36 bits per heavy atom. The first-order valence-corrected chi connectivity index (χ1v) is 11.9. The third-order valence-corrected chi connectivity index (χ3v) is 10.0. The maximum absolute atomic E-state index is 5.81. The predicted molar refractivity (Wildman–Crippen MR) is 73.5 cm³/mol. The molecule has 0 amide bonds. The smallest absolute Gasteiger partial charge is 0.250 e. The van der Waals surface area contributed by atoms with E-state index < -0.39 is 15.7 Å². The Kier molecular flexibility index (Phi) is 13.0. The summed E-state index contributed by atoms with van der Waals surface area (Å²) >= 11 is 11.6. The molecule has 1 nitrogen and oxygen atoms in total. The number of hydrogen-bond acceptors (Lipinski definition) is 1. The van der Waals surface area contributed by atoms with Gasteiger partial charge in [0.15, 0.2) is 9.04 Å². The van der Waals surface area contributed by atoms with E-state index in [-0.39, 0.29) is 0 Å². The lowest BCUT2D eigenvalue weighted by atomic mass is 11.0. The van der Waals surface area contributed by atoms with Crippen molar-refractivity contribution in [2.45, 2.75) is 51.9 Å². The van der Waals surface area contributed by atoms with Gasteiger partial charge in [0, 0.05) is 7.11 Å².